The lowest BCUT2D eigenvalue weighted by Crippen LogP contribution is -2.20. The molecular weight excluding hydrogens is 280 g/mol. The van der Waals surface area contributed by atoms with Crippen molar-refractivity contribution in [1.29, 1.82) is 0 Å². The third kappa shape index (κ3) is 4.54. The molecule has 2 aromatic rings. The van der Waals surface area contributed by atoms with E-state index in [1.165, 1.54) is 36.4 Å². The van der Waals surface area contributed by atoms with E-state index in [-0.39, 0.29) is 19.0 Å². The van der Waals surface area contributed by atoms with E-state index in [4.69, 9.17) is 9.84 Å². The van der Waals surface area contributed by atoms with E-state index in [9.17, 15) is 13.6 Å². The minimum atomic E-state index is -0.560. The van der Waals surface area contributed by atoms with Crippen LogP contribution in [0.3, 0.4) is 0 Å². The van der Waals surface area contributed by atoms with Gasteiger partial charge in [0, 0.05) is 11.8 Å². The number of carbonyl (C=O) groups excluding carboxylic acids is 1. The Morgan fingerprint density at radius 1 is 1.10 bits per heavy atom. The minimum absolute atomic E-state index is 0.147. The first-order chi connectivity index (χ1) is 10.1. The summed E-state index contributed by atoms with van der Waals surface area (Å²) in [4.78, 5) is 11.6. The smallest absolute Gasteiger partial charge is 0.262 e. The Balaban J connectivity index is 1.92. The molecule has 2 N–H and O–H groups in total. The summed E-state index contributed by atoms with van der Waals surface area (Å²) >= 11 is 0. The van der Waals surface area contributed by atoms with Gasteiger partial charge in [0.15, 0.2) is 6.61 Å². The van der Waals surface area contributed by atoms with Gasteiger partial charge in [-0.25, -0.2) is 8.78 Å². The van der Waals surface area contributed by atoms with E-state index in [0.717, 1.165) is 6.07 Å². The molecule has 110 valence electrons. The number of hydrogen-bond acceptors (Lipinski definition) is 3. The molecule has 1 amide bonds. The van der Waals surface area contributed by atoms with Gasteiger partial charge in [-0.05, 0) is 42.0 Å². The van der Waals surface area contributed by atoms with Crippen LogP contribution in [0.4, 0.5) is 14.5 Å². The highest BCUT2D eigenvalue weighted by molar-refractivity contribution is 5.91. The Morgan fingerprint density at radius 3 is 2.48 bits per heavy atom. The van der Waals surface area contributed by atoms with Crippen LogP contribution in [-0.4, -0.2) is 17.6 Å². The third-order valence-corrected chi connectivity index (χ3v) is 2.61. The van der Waals surface area contributed by atoms with Crippen LogP contribution in [0.25, 0.3) is 0 Å². The van der Waals surface area contributed by atoms with Gasteiger partial charge in [-0.1, -0.05) is 0 Å². The Bertz CT molecular complexity index is 629. The molecule has 0 atom stereocenters. The summed E-state index contributed by atoms with van der Waals surface area (Å²) in [6, 6.07) is 9.00. The van der Waals surface area contributed by atoms with E-state index >= 15 is 0 Å². The van der Waals surface area contributed by atoms with Crippen molar-refractivity contribution < 1.29 is 23.4 Å². The number of aliphatic hydroxyl groups is 1. The average molecular weight is 293 g/mol. The molecule has 0 saturated carbocycles. The van der Waals surface area contributed by atoms with Crippen molar-refractivity contribution in [3.8, 4) is 5.75 Å². The van der Waals surface area contributed by atoms with E-state index in [1.807, 2.05) is 0 Å². The molecule has 21 heavy (non-hydrogen) atoms. The zero-order valence-electron chi connectivity index (χ0n) is 11.0. The number of carbonyl (C=O) groups is 1. The monoisotopic (exact) mass is 293 g/mol. The lowest BCUT2D eigenvalue weighted by atomic mass is 10.2. The SMILES string of the molecule is O=C(COc1cc(F)cc(CO)c1)Nc1ccc(F)cc1. The highest BCUT2D eigenvalue weighted by Crippen LogP contribution is 2.16. The summed E-state index contributed by atoms with van der Waals surface area (Å²) in [6.45, 7) is -0.651. The maximum atomic E-state index is 13.2. The quantitative estimate of drug-likeness (QED) is 0.890. The fourth-order valence-electron chi connectivity index (χ4n) is 1.67. The number of anilines is 1. The molecular formula is C15H13F2NO3. The van der Waals surface area contributed by atoms with Gasteiger partial charge in [-0.2, -0.15) is 0 Å². The Labute approximate surface area is 120 Å². The molecule has 0 aliphatic carbocycles. The lowest BCUT2D eigenvalue weighted by Gasteiger charge is -2.08. The minimum Gasteiger partial charge on any atom is -0.484 e. The standard InChI is InChI=1S/C15H13F2NO3/c16-11-1-3-13(4-2-11)18-15(20)9-21-14-6-10(8-19)5-12(17)7-14/h1-7,19H,8-9H2,(H,18,20). The fraction of sp³-hybridized carbons (Fsp3) is 0.133. The molecule has 4 nitrogen and oxygen atoms in total. The Hall–Kier alpha value is -2.47. The number of amides is 1. The number of rotatable bonds is 5. The molecule has 0 aliphatic heterocycles. The maximum absolute atomic E-state index is 13.2. The molecule has 0 heterocycles. The molecule has 2 aromatic carbocycles. The lowest BCUT2D eigenvalue weighted by molar-refractivity contribution is -0.118. The molecule has 0 unspecified atom stereocenters. The van der Waals surface area contributed by atoms with Gasteiger partial charge >= 0.3 is 0 Å². The highest BCUT2D eigenvalue weighted by atomic mass is 19.1. The van der Waals surface area contributed by atoms with Gasteiger partial charge in [0.05, 0.1) is 6.61 Å². The predicted octanol–water partition coefficient (Wildman–Crippen LogP) is 2.47. The summed E-state index contributed by atoms with van der Waals surface area (Å²) in [5.74, 6) is -1.28. The Morgan fingerprint density at radius 2 is 1.81 bits per heavy atom. The van der Waals surface area contributed by atoms with Crippen LogP contribution in [0.15, 0.2) is 42.5 Å². The first-order valence-corrected chi connectivity index (χ1v) is 6.15. The third-order valence-electron chi connectivity index (χ3n) is 2.61. The fourth-order valence-corrected chi connectivity index (χ4v) is 1.67. The van der Waals surface area contributed by atoms with Gasteiger partial charge in [0.2, 0.25) is 0 Å². The summed E-state index contributed by atoms with van der Waals surface area (Å²) in [5, 5.41) is 11.5. The second-order valence-corrected chi connectivity index (χ2v) is 4.30. The normalized spacial score (nSPS) is 10.2. The second kappa shape index (κ2) is 6.81. The van der Waals surface area contributed by atoms with Crippen molar-refractivity contribution in [2.45, 2.75) is 6.61 Å². The maximum Gasteiger partial charge on any atom is 0.262 e. The van der Waals surface area contributed by atoms with Crippen molar-refractivity contribution in [3.05, 3.63) is 59.7 Å². The average Bonchev–Trinajstić information content (AvgIpc) is 2.47. The number of benzene rings is 2. The van der Waals surface area contributed by atoms with Crippen molar-refractivity contribution in [2.24, 2.45) is 0 Å². The van der Waals surface area contributed by atoms with E-state index in [0.29, 0.717) is 11.3 Å². The van der Waals surface area contributed by atoms with Crippen LogP contribution in [0.2, 0.25) is 0 Å². The zero-order valence-corrected chi connectivity index (χ0v) is 11.0. The predicted molar refractivity (Wildman–Crippen MR) is 72.8 cm³/mol. The highest BCUT2D eigenvalue weighted by Gasteiger charge is 2.06. The number of aliphatic hydroxyl groups excluding tert-OH is 1. The Kier molecular flexibility index (Phi) is 4.84. The molecule has 0 radical (unpaired) electrons. The summed E-state index contributed by atoms with van der Waals surface area (Å²) in [5.41, 5.74) is 0.782. The number of hydrogen-bond donors (Lipinski definition) is 2. The first kappa shape index (κ1) is 14.9. The van der Waals surface area contributed by atoms with Crippen molar-refractivity contribution in [3.63, 3.8) is 0 Å². The number of ether oxygens (including phenoxy) is 1. The van der Waals surface area contributed by atoms with Gasteiger partial charge < -0.3 is 15.2 Å². The molecule has 0 saturated heterocycles. The van der Waals surface area contributed by atoms with Crippen LogP contribution >= 0.6 is 0 Å². The van der Waals surface area contributed by atoms with Crippen molar-refractivity contribution >= 4 is 11.6 Å². The van der Waals surface area contributed by atoms with Gasteiger partial charge in [0.1, 0.15) is 17.4 Å². The van der Waals surface area contributed by atoms with Gasteiger partial charge in [0.25, 0.3) is 5.91 Å². The zero-order chi connectivity index (χ0) is 15.2. The molecule has 0 spiro atoms. The molecule has 0 aromatic heterocycles. The summed E-state index contributed by atoms with van der Waals surface area (Å²) < 4.78 is 31.1. The molecule has 2 rings (SSSR count). The largest absolute Gasteiger partial charge is 0.484 e. The topological polar surface area (TPSA) is 58.6 Å². The van der Waals surface area contributed by atoms with E-state index < -0.39 is 17.5 Å². The van der Waals surface area contributed by atoms with Crippen molar-refractivity contribution in [2.75, 3.05) is 11.9 Å². The first-order valence-electron chi connectivity index (χ1n) is 6.15. The number of nitrogens with one attached hydrogen (secondary N) is 1. The molecule has 6 heteroatoms. The van der Waals surface area contributed by atoms with E-state index in [1.54, 1.807) is 0 Å². The van der Waals surface area contributed by atoms with Crippen LogP contribution < -0.4 is 10.1 Å². The summed E-state index contributed by atoms with van der Waals surface area (Å²) in [6.07, 6.45) is 0. The molecule has 0 aliphatic rings. The molecule has 0 bridgehead atoms. The van der Waals surface area contributed by atoms with Crippen LogP contribution in [0.5, 0.6) is 5.75 Å². The number of halogens is 2. The second-order valence-electron chi connectivity index (χ2n) is 4.30. The van der Waals surface area contributed by atoms with Gasteiger partial charge in [-0.3, -0.25) is 4.79 Å². The van der Waals surface area contributed by atoms with E-state index in [2.05, 4.69) is 5.32 Å². The van der Waals surface area contributed by atoms with Crippen LogP contribution in [-0.2, 0) is 11.4 Å². The van der Waals surface area contributed by atoms with Gasteiger partial charge in [-0.15, -0.1) is 0 Å². The van der Waals surface area contributed by atoms with Crippen LogP contribution in [0.1, 0.15) is 5.56 Å². The van der Waals surface area contributed by atoms with Crippen LogP contribution in [0, 0.1) is 11.6 Å². The molecule has 0 fully saturated rings. The van der Waals surface area contributed by atoms with Crippen molar-refractivity contribution in [1.82, 2.24) is 0 Å². The summed E-state index contributed by atoms with van der Waals surface area (Å²) in [7, 11) is 0.